The summed E-state index contributed by atoms with van der Waals surface area (Å²) < 4.78 is 29.4. The van der Waals surface area contributed by atoms with E-state index in [1.54, 1.807) is 12.1 Å². The van der Waals surface area contributed by atoms with Crippen LogP contribution in [0.25, 0.3) is 0 Å². The van der Waals surface area contributed by atoms with Gasteiger partial charge in [0.25, 0.3) is 0 Å². The molecular weight excluding hydrogens is 272 g/mol. The van der Waals surface area contributed by atoms with Crippen molar-refractivity contribution in [3.63, 3.8) is 0 Å². The van der Waals surface area contributed by atoms with Gasteiger partial charge in [-0.25, -0.2) is 0 Å². The fourth-order valence-electron chi connectivity index (χ4n) is 2.52. The molecule has 0 heterocycles. The van der Waals surface area contributed by atoms with Crippen molar-refractivity contribution < 1.29 is 13.5 Å². The topological polar surface area (TPSA) is 21.3 Å². The SMILES string of the molecule is CCCCCCC(C)NC(C)c1ccccc1OC(F)F. The molecule has 0 saturated carbocycles. The number of rotatable bonds is 10. The molecule has 2 unspecified atom stereocenters. The molecule has 0 amide bonds. The molecule has 0 bridgehead atoms. The van der Waals surface area contributed by atoms with E-state index < -0.39 is 6.61 Å². The highest BCUT2D eigenvalue weighted by Crippen LogP contribution is 2.26. The molecular formula is C17H27F2NO. The van der Waals surface area contributed by atoms with Crippen LogP contribution in [0.1, 0.15) is 64.5 Å². The van der Waals surface area contributed by atoms with E-state index in [0.717, 1.165) is 12.0 Å². The molecule has 1 rings (SSSR count). The van der Waals surface area contributed by atoms with Gasteiger partial charge in [0.1, 0.15) is 5.75 Å². The van der Waals surface area contributed by atoms with E-state index in [1.165, 1.54) is 25.7 Å². The van der Waals surface area contributed by atoms with Crippen molar-refractivity contribution in [2.45, 2.75) is 71.6 Å². The van der Waals surface area contributed by atoms with Crippen LogP contribution >= 0.6 is 0 Å². The van der Waals surface area contributed by atoms with Gasteiger partial charge < -0.3 is 10.1 Å². The number of para-hydroxylation sites is 1. The summed E-state index contributed by atoms with van der Waals surface area (Å²) in [6.07, 6.45) is 6.05. The molecule has 0 fully saturated rings. The van der Waals surface area contributed by atoms with E-state index in [4.69, 9.17) is 0 Å². The Morgan fingerprint density at radius 1 is 1.10 bits per heavy atom. The highest BCUT2D eigenvalue weighted by Gasteiger charge is 2.15. The first-order chi connectivity index (χ1) is 10.0. The Labute approximate surface area is 126 Å². The summed E-state index contributed by atoms with van der Waals surface area (Å²) >= 11 is 0. The van der Waals surface area contributed by atoms with E-state index in [2.05, 4.69) is 23.9 Å². The maximum absolute atomic E-state index is 12.4. The molecule has 1 aromatic carbocycles. The number of hydrogen-bond acceptors (Lipinski definition) is 2. The van der Waals surface area contributed by atoms with Crippen LogP contribution in [0.2, 0.25) is 0 Å². The van der Waals surface area contributed by atoms with E-state index in [-0.39, 0.29) is 11.8 Å². The smallest absolute Gasteiger partial charge is 0.387 e. The monoisotopic (exact) mass is 299 g/mol. The summed E-state index contributed by atoms with van der Waals surface area (Å²) in [5, 5.41) is 3.46. The molecule has 0 aromatic heterocycles. The number of benzene rings is 1. The minimum Gasteiger partial charge on any atom is -0.434 e. The zero-order chi connectivity index (χ0) is 15.7. The van der Waals surface area contributed by atoms with Gasteiger partial charge in [-0.05, 0) is 26.3 Å². The predicted molar refractivity (Wildman–Crippen MR) is 82.8 cm³/mol. The molecule has 0 aliphatic rings. The maximum atomic E-state index is 12.4. The van der Waals surface area contributed by atoms with Crippen molar-refractivity contribution in [1.82, 2.24) is 5.32 Å². The second-order valence-corrected chi connectivity index (χ2v) is 5.56. The van der Waals surface area contributed by atoms with Crippen LogP contribution in [-0.2, 0) is 0 Å². The van der Waals surface area contributed by atoms with E-state index in [1.807, 2.05) is 19.1 Å². The number of halogens is 2. The van der Waals surface area contributed by atoms with Crippen LogP contribution in [0.3, 0.4) is 0 Å². The summed E-state index contributed by atoms with van der Waals surface area (Å²) in [6, 6.07) is 7.32. The van der Waals surface area contributed by atoms with Crippen molar-refractivity contribution in [2.75, 3.05) is 0 Å². The Bertz CT molecular complexity index is 398. The normalized spacial score (nSPS) is 14.2. The molecule has 120 valence electrons. The third kappa shape index (κ3) is 6.89. The minimum absolute atomic E-state index is 0.0128. The highest BCUT2D eigenvalue weighted by atomic mass is 19.3. The standard InChI is InChI=1S/C17H27F2NO/c1-4-5-6-7-10-13(2)20-14(3)15-11-8-9-12-16(15)21-17(18)19/h8-9,11-14,17,20H,4-7,10H2,1-3H3. The van der Waals surface area contributed by atoms with E-state index in [0.29, 0.717) is 6.04 Å². The summed E-state index contributed by atoms with van der Waals surface area (Å²) in [4.78, 5) is 0. The van der Waals surface area contributed by atoms with Crippen LogP contribution in [0, 0.1) is 0 Å². The lowest BCUT2D eigenvalue weighted by Gasteiger charge is -2.22. The minimum atomic E-state index is -2.79. The number of nitrogens with one attached hydrogen (secondary N) is 1. The van der Waals surface area contributed by atoms with Gasteiger partial charge in [0, 0.05) is 17.6 Å². The van der Waals surface area contributed by atoms with Gasteiger partial charge >= 0.3 is 6.61 Å². The summed E-state index contributed by atoms with van der Waals surface area (Å²) in [5.74, 6) is 0.255. The fourth-order valence-corrected chi connectivity index (χ4v) is 2.52. The maximum Gasteiger partial charge on any atom is 0.387 e. The molecule has 0 aliphatic heterocycles. The third-order valence-corrected chi connectivity index (χ3v) is 3.63. The first-order valence-electron chi connectivity index (χ1n) is 7.84. The number of unbranched alkanes of at least 4 members (excludes halogenated alkanes) is 3. The molecule has 0 saturated heterocycles. The fraction of sp³-hybridized carbons (Fsp3) is 0.647. The molecule has 2 atom stereocenters. The molecule has 2 nitrogen and oxygen atoms in total. The van der Waals surface area contributed by atoms with Crippen LogP contribution in [-0.4, -0.2) is 12.7 Å². The van der Waals surface area contributed by atoms with E-state index in [9.17, 15) is 8.78 Å². The van der Waals surface area contributed by atoms with Crippen molar-refractivity contribution in [3.8, 4) is 5.75 Å². The number of hydrogen-bond donors (Lipinski definition) is 1. The van der Waals surface area contributed by atoms with E-state index >= 15 is 0 Å². The van der Waals surface area contributed by atoms with Crippen molar-refractivity contribution in [1.29, 1.82) is 0 Å². The van der Waals surface area contributed by atoms with Gasteiger partial charge in [-0.3, -0.25) is 0 Å². The van der Waals surface area contributed by atoms with Crippen LogP contribution in [0.5, 0.6) is 5.75 Å². The second-order valence-electron chi connectivity index (χ2n) is 5.56. The van der Waals surface area contributed by atoms with Gasteiger partial charge in [0.15, 0.2) is 0 Å². The number of ether oxygens (including phenoxy) is 1. The molecule has 1 aromatic rings. The summed E-state index contributed by atoms with van der Waals surface area (Å²) in [5.41, 5.74) is 0.776. The van der Waals surface area contributed by atoms with Gasteiger partial charge in [0.2, 0.25) is 0 Å². The zero-order valence-corrected chi connectivity index (χ0v) is 13.2. The molecule has 0 radical (unpaired) electrons. The first kappa shape index (κ1) is 17.9. The Balaban J connectivity index is 2.52. The third-order valence-electron chi connectivity index (χ3n) is 3.63. The quantitative estimate of drug-likeness (QED) is 0.592. The van der Waals surface area contributed by atoms with Gasteiger partial charge in [0.05, 0.1) is 0 Å². The van der Waals surface area contributed by atoms with Gasteiger partial charge in [-0.15, -0.1) is 0 Å². The van der Waals surface area contributed by atoms with Gasteiger partial charge in [-0.1, -0.05) is 50.8 Å². The average molecular weight is 299 g/mol. The van der Waals surface area contributed by atoms with Crippen molar-refractivity contribution in [3.05, 3.63) is 29.8 Å². The number of alkyl halides is 2. The Hall–Kier alpha value is -1.16. The van der Waals surface area contributed by atoms with Crippen LogP contribution in [0.4, 0.5) is 8.78 Å². The second kappa shape index (κ2) is 9.72. The summed E-state index contributed by atoms with van der Waals surface area (Å²) in [7, 11) is 0. The van der Waals surface area contributed by atoms with Crippen LogP contribution < -0.4 is 10.1 Å². The molecule has 21 heavy (non-hydrogen) atoms. The largest absolute Gasteiger partial charge is 0.434 e. The Kier molecular flexibility index (Phi) is 8.28. The lowest BCUT2D eigenvalue weighted by atomic mass is 10.0. The molecule has 0 aliphatic carbocycles. The Morgan fingerprint density at radius 2 is 1.81 bits per heavy atom. The molecule has 0 spiro atoms. The van der Waals surface area contributed by atoms with Gasteiger partial charge in [-0.2, -0.15) is 8.78 Å². The van der Waals surface area contributed by atoms with Crippen molar-refractivity contribution >= 4 is 0 Å². The van der Waals surface area contributed by atoms with Crippen molar-refractivity contribution in [2.24, 2.45) is 0 Å². The highest BCUT2D eigenvalue weighted by molar-refractivity contribution is 5.35. The lowest BCUT2D eigenvalue weighted by molar-refractivity contribution is -0.0506. The molecule has 4 heteroatoms. The van der Waals surface area contributed by atoms with Crippen LogP contribution in [0.15, 0.2) is 24.3 Å². The Morgan fingerprint density at radius 3 is 2.48 bits per heavy atom. The zero-order valence-electron chi connectivity index (χ0n) is 13.2. The first-order valence-corrected chi connectivity index (χ1v) is 7.84. The summed E-state index contributed by atoms with van der Waals surface area (Å²) in [6.45, 7) is 3.53. The predicted octanol–water partition coefficient (Wildman–Crippen LogP) is 5.30. The average Bonchev–Trinajstić information content (AvgIpc) is 2.43. The lowest BCUT2D eigenvalue weighted by Crippen LogP contribution is -2.29. The molecule has 1 N–H and O–H groups in total.